The molecule has 0 bridgehead atoms. The lowest BCUT2D eigenvalue weighted by atomic mass is 9.86. The predicted molar refractivity (Wildman–Crippen MR) is 82.8 cm³/mol. The number of nitrogens with one attached hydrogen (secondary N) is 1. The molecule has 0 aromatic heterocycles. The molecule has 0 aliphatic rings. The van der Waals surface area contributed by atoms with Crippen molar-refractivity contribution in [3.63, 3.8) is 0 Å². The zero-order valence-electron chi connectivity index (χ0n) is 13.3. The van der Waals surface area contributed by atoms with Crippen LogP contribution in [0.3, 0.4) is 0 Å². The van der Waals surface area contributed by atoms with Gasteiger partial charge in [0.1, 0.15) is 5.75 Å². The summed E-state index contributed by atoms with van der Waals surface area (Å²) in [6.45, 7) is 12.2. The number of rotatable bonds is 6. The monoisotopic (exact) mass is 263 g/mol. The van der Waals surface area contributed by atoms with Crippen LogP contribution in [0.2, 0.25) is 0 Å². The Bertz CT molecular complexity index is 393. The van der Waals surface area contributed by atoms with Gasteiger partial charge >= 0.3 is 0 Å². The molecule has 1 rings (SSSR count). The van der Waals surface area contributed by atoms with E-state index in [0.717, 1.165) is 18.7 Å². The van der Waals surface area contributed by atoms with Gasteiger partial charge in [-0.25, -0.2) is 0 Å². The Hall–Kier alpha value is -1.02. The molecule has 108 valence electrons. The molecule has 1 atom stereocenters. The minimum Gasteiger partial charge on any atom is -0.496 e. The Morgan fingerprint density at radius 1 is 1.26 bits per heavy atom. The van der Waals surface area contributed by atoms with Crippen molar-refractivity contribution in [2.24, 2.45) is 5.41 Å². The normalized spacial score (nSPS) is 13.4. The van der Waals surface area contributed by atoms with Crippen LogP contribution >= 0.6 is 0 Å². The third kappa shape index (κ3) is 5.23. The van der Waals surface area contributed by atoms with Crippen molar-refractivity contribution in [2.45, 2.75) is 53.5 Å². The van der Waals surface area contributed by atoms with Crippen molar-refractivity contribution in [2.75, 3.05) is 13.7 Å². The fourth-order valence-corrected chi connectivity index (χ4v) is 2.32. The molecule has 0 amide bonds. The van der Waals surface area contributed by atoms with E-state index in [-0.39, 0.29) is 0 Å². The van der Waals surface area contributed by atoms with Gasteiger partial charge in [-0.05, 0) is 37.8 Å². The van der Waals surface area contributed by atoms with Crippen molar-refractivity contribution >= 4 is 0 Å². The third-order valence-electron chi connectivity index (χ3n) is 3.39. The summed E-state index contributed by atoms with van der Waals surface area (Å²) < 4.78 is 5.52. The molecule has 19 heavy (non-hydrogen) atoms. The van der Waals surface area contributed by atoms with E-state index in [1.807, 2.05) is 0 Å². The van der Waals surface area contributed by atoms with Crippen LogP contribution < -0.4 is 10.1 Å². The first-order chi connectivity index (χ1) is 8.87. The summed E-state index contributed by atoms with van der Waals surface area (Å²) in [5.41, 5.74) is 2.94. The second-order valence-electron chi connectivity index (χ2n) is 6.46. The minimum atomic E-state index is 0.366. The quantitative estimate of drug-likeness (QED) is 0.817. The van der Waals surface area contributed by atoms with E-state index in [4.69, 9.17) is 4.74 Å². The van der Waals surface area contributed by atoms with Gasteiger partial charge in [-0.15, -0.1) is 0 Å². The molecule has 0 aliphatic carbocycles. The Balaban J connectivity index is 2.94. The fourth-order valence-electron chi connectivity index (χ4n) is 2.32. The summed E-state index contributed by atoms with van der Waals surface area (Å²) >= 11 is 0. The second kappa shape index (κ2) is 6.95. The van der Waals surface area contributed by atoms with Crippen LogP contribution in [0.15, 0.2) is 18.2 Å². The number of methoxy groups -OCH3 is 1. The van der Waals surface area contributed by atoms with E-state index >= 15 is 0 Å². The largest absolute Gasteiger partial charge is 0.496 e. The van der Waals surface area contributed by atoms with Crippen LogP contribution in [-0.2, 0) is 0 Å². The Labute approximate surface area is 118 Å². The Kier molecular flexibility index (Phi) is 5.86. The molecule has 1 unspecified atom stereocenters. The topological polar surface area (TPSA) is 21.3 Å². The molecule has 0 aliphatic heterocycles. The molecule has 0 fully saturated rings. The molecule has 0 spiro atoms. The maximum Gasteiger partial charge on any atom is 0.123 e. The summed E-state index contributed by atoms with van der Waals surface area (Å²) in [5.74, 6) is 0.991. The van der Waals surface area contributed by atoms with Gasteiger partial charge in [0.15, 0.2) is 0 Å². The highest BCUT2D eigenvalue weighted by Gasteiger charge is 2.19. The van der Waals surface area contributed by atoms with Gasteiger partial charge in [0.2, 0.25) is 0 Å². The Morgan fingerprint density at radius 2 is 1.95 bits per heavy atom. The third-order valence-corrected chi connectivity index (χ3v) is 3.39. The van der Waals surface area contributed by atoms with Crippen LogP contribution in [0.4, 0.5) is 0 Å². The number of benzene rings is 1. The van der Waals surface area contributed by atoms with Gasteiger partial charge in [-0.1, -0.05) is 45.4 Å². The van der Waals surface area contributed by atoms with E-state index in [9.17, 15) is 0 Å². The molecule has 1 N–H and O–H groups in total. The standard InChI is InChI=1S/C17H29NO/c1-7-18-15(10-11-17(3,4)5)14-12-13(2)8-9-16(14)19-6/h8-9,12,15,18H,7,10-11H2,1-6H3. The van der Waals surface area contributed by atoms with E-state index in [0.29, 0.717) is 11.5 Å². The maximum absolute atomic E-state index is 5.52. The molecule has 2 heteroatoms. The zero-order chi connectivity index (χ0) is 14.5. The van der Waals surface area contributed by atoms with Crippen molar-refractivity contribution in [1.29, 1.82) is 0 Å². The maximum atomic E-state index is 5.52. The van der Waals surface area contributed by atoms with Gasteiger partial charge < -0.3 is 10.1 Å². The summed E-state index contributed by atoms with van der Waals surface area (Å²) in [4.78, 5) is 0. The molecule has 2 nitrogen and oxygen atoms in total. The highest BCUT2D eigenvalue weighted by molar-refractivity contribution is 5.39. The van der Waals surface area contributed by atoms with Crippen molar-refractivity contribution in [3.05, 3.63) is 29.3 Å². The first kappa shape index (κ1) is 16.0. The number of hydrogen-bond donors (Lipinski definition) is 1. The molecular weight excluding hydrogens is 234 g/mol. The Morgan fingerprint density at radius 3 is 2.47 bits per heavy atom. The van der Waals surface area contributed by atoms with Crippen molar-refractivity contribution < 1.29 is 4.74 Å². The summed E-state index contributed by atoms with van der Waals surface area (Å²) in [6.07, 6.45) is 2.33. The van der Waals surface area contributed by atoms with Gasteiger partial charge in [0.05, 0.1) is 7.11 Å². The predicted octanol–water partition coefficient (Wildman–Crippen LogP) is 4.48. The van der Waals surface area contributed by atoms with E-state index in [1.54, 1.807) is 7.11 Å². The van der Waals surface area contributed by atoms with Gasteiger partial charge in [0.25, 0.3) is 0 Å². The number of ether oxygens (including phenoxy) is 1. The van der Waals surface area contributed by atoms with Crippen molar-refractivity contribution in [1.82, 2.24) is 5.32 Å². The van der Waals surface area contributed by atoms with E-state index < -0.39 is 0 Å². The van der Waals surface area contributed by atoms with E-state index in [1.165, 1.54) is 17.5 Å². The highest BCUT2D eigenvalue weighted by Crippen LogP contribution is 2.32. The van der Waals surface area contributed by atoms with Crippen LogP contribution in [0.1, 0.15) is 57.7 Å². The molecule has 0 saturated heterocycles. The lowest BCUT2D eigenvalue weighted by Crippen LogP contribution is -2.23. The SMILES string of the molecule is CCNC(CCC(C)(C)C)c1cc(C)ccc1OC. The average molecular weight is 263 g/mol. The fraction of sp³-hybridized carbons (Fsp3) is 0.647. The van der Waals surface area contributed by atoms with Crippen molar-refractivity contribution in [3.8, 4) is 5.75 Å². The van der Waals surface area contributed by atoms with Crippen LogP contribution in [0.25, 0.3) is 0 Å². The summed E-state index contributed by atoms with van der Waals surface area (Å²) in [5, 5.41) is 3.59. The number of hydrogen-bond acceptors (Lipinski definition) is 2. The molecule has 0 saturated carbocycles. The molecule has 1 aromatic rings. The first-order valence-electron chi connectivity index (χ1n) is 7.25. The summed E-state index contributed by atoms with van der Waals surface area (Å²) in [6, 6.07) is 6.80. The van der Waals surface area contributed by atoms with Crippen LogP contribution in [-0.4, -0.2) is 13.7 Å². The lowest BCUT2D eigenvalue weighted by Gasteiger charge is -2.25. The van der Waals surface area contributed by atoms with Crippen LogP contribution in [0.5, 0.6) is 5.75 Å². The van der Waals surface area contributed by atoms with Gasteiger partial charge in [-0.2, -0.15) is 0 Å². The van der Waals surface area contributed by atoms with Gasteiger partial charge in [0, 0.05) is 11.6 Å². The summed E-state index contributed by atoms with van der Waals surface area (Å²) in [7, 11) is 1.75. The zero-order valence-corrected chi connectivity index (χ0v) is 13.3. The molecule has 1 aromatic carbocycles. The van der Waals surface area contributed by atoms with Crippen LogP contribution in [0, 0.1) is 12.3 Å². The molecular formula is C17H29NO. The second-order valence-corrected chi connectivity index (χ2v) is 6.46. The average Bonchev–Trinajstić information content (AvgIpc) is 2.33. The highest BCUT2D eigenvalue weighted by atomic mass is 16.5. The minimum absolute atomic E-state index is 0.366. The smallest absolute Gasteiger partial charge is 0.123 e. The molecule has 0 heterocycles. The first-order valence-corrected chi connectivity index (χ1v) is 7.25. The molecule has 0 radical (unpaired) electrons. The lowest BCUT2D eigenvalue weighted by molar-refractivity contribution is 0.327. The van der Waals surface area contributed by atoms with Gasteiger partial charge in [-0.3, -0.25) is 0 Å². The number of aryl methyl sites for hydroxylation is 1. The van der Waals surface area contributed by atoms with E-state index in [2.05, 4.69) is 58.1 Å².